The van der Waals surface area contributed by atoms with Crippen molar-refractivity contribution in [3.63, 3.8) is 0 Å². The molecule has 0 N–H and O–H groups in total. The molecule has 2 aromatic heterocycles. The van der Waals surface area contributed by atoms with E-state index in [4.69, 9.17) is 9.72 Å². The van der Waals surface area contributed by atoms with Gasteiger partial charge in [-0.15, -0.1) is 23.1 Å². The van der Waals surface area contributed by atoms with Gasteiger partial charge in [-0.3, -0.25) is 14.2 Å². The molecule has 9 heteroatoms. The molecule has 166 valence electrons. The minimum Gasteiger partial charge on any atom is -0.451 e. The van der Waals surface area contributed by atoms with Crippen LogP contribution in [0.15, 0.2) is 34.0 Å². The van der Waals surface area contributed by atoms with E-state index in [1.807, 2.05) is 24.3 Å². The third kappa shape index (κ3) is 3.73. The van der Waals surface area contributed by atoms with Gasteiger partial charge in [-0.2, -0.15) is 0 Å². The zero-order chi connectivity index (χ0) is 22.2. The summed E-state index contributed by atoms with van der Waals surface area (Å²) in [5.41, 5.74) is 1.35. The summed E-state index contributed by atoms with van der Waals surface area (Å²) >= 11 is 2.88. The number of ether oxygens (including phenoxy) is 1. The van der Waals surface area contributed by atoms with Crippen LogP contribution in [0.5, 0.6) is 0 Å². The van der Waals surface area contributed by atoms with Crippen molar-refractivity contribution in [3.05, 3.63) is 50.9 Å². The van der Waals surface area contributed by atoms with E-state index >= 15 is 0 Å². The number of nitrogens with zero attached hydrogens (tertiary/aromatic N) is 3. The molecule has 0 spiro atoms. The molecule has 1 amide bonds. The van der Waals surface area contributed by atoms with Crippen molar-refractivity contribution in [1.29, 1.82) is 0 Å². The third-order valence-corrected chi connectivity index (χ3v) is 8.16. The number of carbonyl (C=O) groups is 2. The molecule has 2 aliphatic rings. The first-order chi connectivity index (χ1) is 15.5. The molecular weight excluding hydrogens is 446 g/mol. The molecule has 4 heterocycles. The average Bonchev–Trinajstić information content (AvgIpc) is 2.97. The maximum Gasteiger partial charge on any atom is 0.349 e. The number of thioether (sulfide) groups is 1. The largest absolute Gasteiger partial charge is 0.451 e. The van der Waals surface area contributed by atoms with Crippen molar-refractivity contribution in [2.45, 2.75) is 44.0 Å². The van der Waals surface area contributed by atoms with Crippen molar-refractivity contribution in [1.82, 2.24) is 9.55 Å². The van der Waals surface area contributed by atoms with E-state index in [9.17, 15) is 14.4 Å². The predicted molar refractivity (Wildman–Crippen MR) is 126 cm³/mol. The first-order valence-corrected chi connectivity index (χ1v) is 12.6. The number of carbonyl (C=O) groups excluding carboxylic acids is 2. The number of thiophene rings is 1. The lowest BCUT2D eigenvalue weighted by Gasteiger charge is -2.28. The van der Waals surface area contributed by atoms with Crippen LogP contribution in [0.3, 0.4) is 0 Å². The minimum absolute atomic E-state index is 0.0850. The lowest BCUT2D eigenvalue weighted by atomic mass is 10.2. The summed E-state index contributed by atoms with van der Waals surface area (Å²) in [5, 5.41) is 0.487. The highest BCUT2D eigenvalue weighted by molar-refractivity contribution is 7.99. The number of aryl methyl sites for hydroxylation is 2. The number of para-hydroxylation sites is 1. The Balaban J connectivity index is 1.37. The van der Waals surface area contributed by atoms with E-state index in [-0.39, 0.29) is 18.1 Å². The van der Waals surface area contributed by atoms with Gasteiger partial charge in [-0.25, -0.2) is 9.78 Å². The predicted octanol–water partition coefficient (Wildman–Crippen LogP) is 3.79. The van der Waals surface area contributed by atoms with Crippen LogP contribution in [-0.4, -0.2) is 40.3 Å². The van der Waals surface area contributed by atoms with Gasteiger partial charge >= 0.3 is 5.97 Å². The zero-order valence-electron chi connectivity index (χ0n) is 17.8. The number of benzene rings is 1. The van der Waals surface area contributed by atoms with Gasteiger partial charge in [0.2, 0.25) is 0 Å². The SMILES string of the molecule is Cc1c(C(=O)OCC(=O)N2CCSc3ccccc32)sc2nc3n(c(=O)c12)CCCCC3. The molecular formula is C23H23N3O4S2. The van der Waals surface area contributed by atoms with Crippen LogP contribution in [0.4, 0.5) is 5.69 Å². The highest BCUT2D eigenvalue weighted by Crippen LogP contribution is 2.34. The quantitative estimate of drug-likeness (QED) is 0.543. The lowest BCUT2D eigenvalue weighted by molar-refractivity contribution is -0.121. The number of amides is 1. The Labute approximate surface area is 193 Å². The smallest absolute Gasteiger partial charge is 0.349 e. The fourth-order valence-electron chi connectivity index (χ4n) is 4.30. The second kappa shape index (κ2) is 8.71. The van der Waals surface area contributed by atoms with Gasteiger partial charge in [-0.1, -0.05) is 18.6 Å². The van der Waals surface area contributed by atoms with Gasteiger partial charge in [0.25, 0.3) is 11.5 Å². The molecule has 2 aliphatic heterocycles. The molecule has 0 saturated carbocycles. The Hall–Kier alpha value is -2.65. The second-order valence-electron chi connectivity index (χ2n) is 7.97. The maximum absolute atomic E-state index is 13.1. The van der Waals surface area contributed by atoms with Gasteiger partial charge in [0.1, 0.15) is 15.5 Å². The summed E-state index contributed by atoms with van der Waals surface area (Å²) in [6.45, 7) is 2.65. The van der Waals surface area contributed by atoms with E-state index in [2.05, 4.69) is 0 Å². The van der Waals surface area contributed by atoms with Gasteiger partial charge in [0.15, 0.2) is 6.61 Å². The van der Waals surface area contributed by atoms with E-state index in [0.29, 0.717) is 33.7 Å². The van der Waals surface area contributed by atoms with Crippen LogP contribution >= 0.6 is 23.1 Å². The molecule has 0 bridgehead atoms. The summed E-state index contributed by atoms with van der Waals surface area (Å²) in [7, 11) is 0. The van der Waals surface area contributed by atoms with Crippen LogP contribution in [0, 0.1) is 6.92 Å². The van der Waals surface area contributed by atoms with Crippen molar-refractivity contribution in [3.8, 4) is 0 Å². The third-order valence-electron chi connectivity index (χ3n) is 5.95. The number of rotatable bonds is 3. The highest BCUT2D eigenvalue weighted by Gasteiger charge is 2.26. The van der Waals surface area contributed by atoms with Gasteiger partial charge in [0.05, 0.1) is 11.1 Å². The van der Waals surface area contributed by atoms with Crippen LogP contribution in [0.1, 0.15) is 40.3 Å². The van der Waals surface area contributed by atoms with Crippen molar-refractivity contribution in [2.75, 3.05) is 23.8 Å². The van der Waals surface area contributed by atoms with Crippen LogP contribution < -0.4 is 10.5 Å². The minimum atomic E-state index is -0.585. The molecule has 1 aromatic carbocycles. The number of aromatic nitrogens is 2. The van der Waals surface area contributed by atoms with Crippen molar-refractivity contribution < 1.29 is 14.3 Å². The summed E-state index contributed by atoms with van der Waals surface area (Å²) in [6, 6.07) is 7.73. The molecule has 3 aromatic rings. The van der Waals surface area contributed by atoms with Gasteiger partial charge < -0.3 is 9.64 Å². The Kier molecular flexibility index (Phi) is 5.77. The van der Waals surface area contributed by atoms with Crippen molar-refractivity contribution >= 4 is 50.9 Å². The van der Waals surface area contributed by atoms with Crippen LogP contribution in [0.25, 0.3) is 10.2 Å². The molecule has 7 nitrogen and oxygen atoms in total. The molecule has 32 heavy (non-hydrogen) atoms. The van der Waals surface area contributed by atoms with E-state index in [1.165, 1.54) is 11.3 Å². The van der Waals surface area contributed by atoms with E-state index in [1.54, 1.807) is 28.2 Å². The maximum atomic E-state index is 13.1. The average molecular weight is 470 g/mol. The number of anilines is 1. The van der Waals surface area contributed by atoms with Crippen molar-refractivity contribution in [2.24, 2.45) is 0 Å². The first-order valence-electron chi connectivity index (χ1n) is 10.8. The summed E-state index contributed by atoms with van der Waals surface area (Å²) in [6.07, 6.45) is 3.82. The Morgan fingerprint density at radius 2 is 2.00 bits per heavy atom. The Morgan fingerprint density at radius 1 is 1.16 bits per heavy atom. The van der Waals surface area contributed by atoms with E-state index in [0.717, 1.165) is 47.8 Å². The summed E-state index contributed by atoms with van der Waals surface area (Å²) < 4.78 is 7.14. The standard InChI is InChI=1S/C23H23N3O4S2/c1-14-19-21(24-17-9-3-2-6-10-26(17)22(19)28)32-20(14)23(29)30-13-18(27)25-11-12-31-16-8-5-4-7-15(16)25/h4-5,7-8H,2-3,6,9-13H2,1H3. The fourth-order valence-corrected chi connectivity index (χ4v) is 6.38. The number of hydrogen-bond donors (Lipinski definition) is 0. The monoisotopic (exact) mass is 469 g/mol. The van der Waals surface area contributed by atoms with Crippen LogP contribution in [-0.2, 0) is 22.5 Å². The van der Waals surface area contributed by atoms with Gasteiger partial charge in [-0.05, 0) is 37.5 Å². The summed E-state index contributed by atoms with van der Waals surface area (Å²) in [5.74, 6) is 0.748. The molecule has 0 radical (unpaired) electrons. The second-order valence-corrected chi connectivity index (χ2v) is 10.1. The fraction of sp³-hybridized carbons (Fsp3) is 0.391. The molecule has 0 unspecified atom stereocenters. The molecule has 0 aliphatic carbocycles. The number of esters is 1. The van der Waals surface area contributed by atoms with E-state index < -0.39 is 5.97 Å². The zero-order valence-corrected chi connectivity index (χ0v) is 19.4. The molecule has 0 fully saturated rings. The number of fused-ring (bicyclic) bond motifs is 3. The number of hydrogen-bond acceptors (Lipinski definition) is 7. The van der Waals surface area contributed by atoms with Gasteiger partial charge in [0, 0.05) is 30.2 Å². The van der Waals surface area contributed by atoms with Crippen LogP contribution in [0.2, 0.25) is 0 Å². The topological polar surface area (TPSA) is 81.5 Å². The normalized spacial score (nSPS) is 15.7. The lowest BCUT2D eigenvalue weighted by Crippen LogP contribution is -2.38. The Morgan fingerprint density at radius 3 is 2.88 bits per heavy atom. The summed E-state index contributed by atoms with van der Waals surface area (Å²) in [4.78, 5) is 47.0. The Bertz CT molecular complexity index is 1280. The highest BCUT2D eigenvalue weighted by atomic mass is 32.2. The molecule has 0 atom stereocenters. The first kappa shape index (κ1) is 21.2. The molecule has 5 rings (SSSR count). The molecule has 0 saturated heterocycles.